The van der Waals surface area contributed by atoms with Crippen molar-refractivity contribution in [3.63, 3.8) is 0 Å². The highest BCUT2D eigenvalue weighted by molar-refractivity contribution is 14.0. The average Bonchev–Trinajstić information content (AvgIpc) is 3.28. The standard InChI is InChI=1S/C26H34N8O.HI/c1-18(2)32-10-12-33(13-11-32)20-6-7-22(27-16-20)30-25-28-15-19-14-21-24(35)29-17-26(8-4-3-5-9-26)34(21)23(19)31-25;/h6-7,14-16,18H,3-5,8-13,17H2,1-2H3,(H,29,35)(H,27,28,30,31);1H. The van der Waals surface area contributed by atoms with Gasteiger partial charge in [0.2, 0.25) is 5.95 Å². The minimum atomic E-state index is -0.0889. The fourth-order valence-corrected chi connectivity index (χ4v) is 5.98. The third-order valence-corrected chi connectivity index (χ3v) is 8.01. The average molecular weight is 603 g/mol. The van der Waals surface area contributed by atoms with E-state index >= 15 is 0 Å². The summed E-state index contributed by atoms with van der Waals surface area (Å²) in [6.07, 6.45) is 9.45. The maximum absolute atomic E-state index is 12.7. The molecule has 1 saturated heterocycles. The Morgan fingerprint density at radius 1 is 1.03 bits per heavy atom. The molecule has 36 heavy (non-hydrogen) atoms. The number of pyridine rings is 1. The Hall–Kier alpha value is -2.47. The van der Waals surface area contributed by atoms with Crippen LogP contribution in [0.3, 0.4) is 0 Å². The number of fused-ring (bicyclic) bond motifs is 4. The highest BCUT2D eigenvalue weighted by Crippen LogP contribution is 2.40. The first kappa shape index (κ1) is 25.2. The zero-order valence-electron chi connectivity index (χ0n) is 21.0. The number of hydrogen-bond acceptors (Lipinski definition) is 7. The SMILES string of the molecule is CC(C)N1CCN(c2ccc(Nc3ncc4cc5n(c4n3)C3(CCCCC3)CNC5=O)nc2)CC1.I. The normalized spacial score (nSPS) is 19.8. The summed E-state index contributed by atoms with van der Waals surface area (Å²) in [5, 5.41) is 7.29. The van der Waals surface area contributed by atoms with Crippen LogP contribution in [0.1, 0.15) is 56.4 Å². The van der Waals surface area contributed by atoms with E-state index in [0.717, 1.165) is 55.7 Å². The molecular formula is C26H35IN8O. The topological polar surface area (TPSA) is 91.2 Å². The minimum absolute atomic E-state index is 0. The van der Waals surface area contributed by atoms with Gasteiger partial charge in [-0.3, -0.25) is 9.69 Å². The molecule has 5 heterocycles. The van der Waals surface area contributed by atoms with Crippen molar-refractivity contribution in [2.75, 3.05) is 42.9 Å². The lowest BCUT2D eigenvalue weighted by Gasteiger charge is -2.42. The van der Waals surface area contributed by atoms with Gasteiger partial charge in [-0.1, -0.05) is 19.3 Å². The Morgan fingerprint density at radius 2 is 1.81 bits per heavy atom. The summed E-state index contributed by atoms with van der Waals surface area (Å²) < 4.78 is 2.19. The molecule has 192 valence electrons. The number of piperazine rings is 1. The molecule has 0 aromatic carbocycles. The number of halogens is 1. The first-order valence-corrected chi connectivity index (χ1v) is 12.9. The van der Waals surface area contributed by atoms with Crippen LogP contribution in [-0.2, 0) is 5.54 Å². The fraction of sp³-hybridized carbons (Fsp3) is 0.538. The Morgan fingerprint density at radius 3 is 2.50 bits per heavy atom. The van der Waals surface area contributed by atoms with Crippen LogP contribution in [0.2, 0.25) is 0 Å². The molecule has 3 aromatic heterocycles. The van der Waals surface area contributed by atoms with Gasteiger partial charge < -0.3 is 20.1 Å². The van der Waals surface area contributed by atoms with E-state index in [1.165, 1.54) is 19.3 Å². The van der Waals surface area contributed by atoms with Crippen LogP contribution >= 0.6 is 24.0 Å². The molecule has 1 spiro atoms. The lowest BCUT2D eigenvalue weighted by molar-refractivity contribution is 0.0833. The summed E-state index contributed by atoms with van der Waals surface area (Å²) >= 11 is 0. The quantitative estimate of drug-likeness (QED) is 0.435. The zero-order chi connectivity index (χ0) is 24.0. The van der Waals surface area contributed by atoms with E-state index in [-0.39, 0.29) is 35.4 Å². The van der Waals surface area contributed by atoms with E-state index in [1.807, 2.05) is 24.5 Å². The molecule has 9 nitrogen and oxygen atoms in total. The van der Waals surface area contributed by atoms with Gasteiger partial charge in [0.15, 0.2) is 0 Å². The van der Waals surface area contributed by atoms with Crippen molar-refractivity contribution in [2.45, 2.75) is 57.5 Å². The number of rotatable bonds is 4. The molecule has 3 aliphatic rings. The maximum atomic E-state index is 12.7. The predicted molar refractivity (Wildman–Crippen MR) is 153 cm³/mol. The van der Waals surface area contributed by atoms with E-state index in [9.17, 15) is 4.79 Å². The first-order chi connectivity index (χ1) is 17.0. The van der Waals surface area contributed by atoms with Gasteiger partial charge in [0.1, 0.15) is 17.2 Å². The van der Waals surface area contributed by atoms with Crippen LogP contribution in [0.5, 0.6) is 0 Å². The molecule has 2 fully saturated rings. The van der Waals surface area contributed by atoms with Crippen molar-refractivity contribution in [1.29, 1.82) is 0 Å². The molecule has 0 atom stereocenters. The van der Waals surface area contributed by atoms with Crippen LogP contribution in [-0.4, -0.2) is 69.1 Å². The van der Waals surface area contributed by atoms with Crippen LogP contribution in [0.4, 0.5) is 17.5 Å². The van der Waals surface area contributed by atoms with Gasteiger partial charge in [0.05, 0.1) is 17.4 Å². The van der Waals surface area contributed by atoms with Gasteiger partial charge >= 0.3 is 0 Å². The smallest absolute Gasteiger partial charge is 0.268 e. The van der Waals surface area contributed by atoms with Crippen molar-refractivity contribution < 1.29 is 4.79 Å². The van der Waals surface area contributed by atoms with E-state index in [0.29, 0.717) is 30.0 Å². The molecule has 2 aliphatic heterocycles. The van der Waals surface area contributed by atoms with E-state index in [4.69, 9.17) is 4.98 Å². The number of nitrogens with zero attached hydrogens (tertiary/aromatic N) is 6. The number of amides is 1. The van der Waals surface area contributed by atoms with Gasteiger partial charge in [-0.05, 0) is 44.9 Å². The van der Waals surface area contributed by atoms with Crippen molar-refractivity contribution in [3.05, 3.63) is 36.3 Å². The third kappa shape index (κ3) is 4.53. The van der Waals surface area contributed by atoms with Gasteiger partial charge in [-0.25, -0.2) is 9.97 Å². The molecule has 1 aliphatic carbocycles. The zero-order valence-corrected chi connectivity index (χ0v) is 23.4. The lowest BCUT2D eigenvalue weighted by atomic mass is 9.80. The third-order valence-electron chi connectivity index (χ3n) is 8.01. The van der Waals surface area contributed by atoms with Crippen LogP contribution in [0, 0.1) is 0 Å². The molecule has 0 unspecified atom stereocenters. The molecular weight excluding hydrogens is 567 g/mol. The van der Waals surface area contributed by atoms with Crippen LogP contribution in [0.15, 0.2) is 30.6 Å². The van der Waals surface area contributed by atoms with Crippen LogP contribution in [0.25, 0.3) is 11.0 Å². The largest absolute Gasteiger partial charge is 0.368 e. The Bertz CT molecular complexity index is 1230. The predicted octanol–water partition coefficient (Wildman–Crippen LogP) is 4.12. The molecule has 2 N–H and O–H groups in total. The number of nitrogens with one attached hydrogen (secondary N) is 2. The number of hydrogen-bond donors (Lipinski definition) is 2. The monoisotopic (exact) mass is 602 g/mol. The van der Waals surface area contributed by atoms with Gasteiger partial charge in [-0.2, -0.15) is 4.98 Å². The molecule has 0 bridgehead atoms. The van der Waals surface area contributed by atoms with E-state index < -0.39 is 0 Å². The summed E-state index contributed by atoms with van der Waals surface area (Å²) in [5.74, 6) is 1.19. The molecule has 1 amide bonds. The van der Waals surface area contributed by atoms with Crippen molar-refractivity contribution >= 4 is 58.4 Å². The number of anilines is 3. The second-order valence-corrected chi connectivity index (χ2v) is 10.4. The lowest BCUT2D eigenvalue weighted by Crippen LogP contribution is -2.52. The maximum Gasteiger partial charge on any atom is 0.268 e. The molecule has 0 radical (unpaired) electrons. The molecule has 6 rings (SSSR count). The first-order valence-electron chi connectivity index (χ1n) is 12.9. The Balaban J connectivity index is 0.00000267. The molecule has 1 saturated carbocycles. The second-order valence-electron chi connectivity index (χ2n) is 10.4. The highest BCUT2D eigenvalue weighted by Gasteiger charge is 2.41. The van der Waals surface area contributed by atoms with Gasteiger partial charge in [-0.15, -0.1) is 24.0 Å². The Labute approximate surface area is 229 Å². The van der Waals surface area contributed by atoms with Crippen molar-refractivity contribution in [3.8, 4) is 0 Å². The number of aromatic nitrogens is 4. The second kappa shape index (κ2) is 10.1. The van der Waals surface area contributed by atoms with E-state index in [2.05, 4.69) is 54.9 Å². The molecule has 3 aromatic rings. The summed E-state index contributed by atoms with van der Waals surface area (Å²) in [5.41, 5.74) is 2.57. The number of carbonyl (C=O) groups is 1. The minimum Gasteiger partial charge on any atom is -0.368 e. The van der Waals surface area contributed by atoms with Crippen LogP contribution < -0.4 is 15.5 Å². The summed E-state index contributed by atoms with van der Waals surface area (Å²) in [4.78, 5) is 31.6. The fourth-order valence-electron chi connectivity index (χ4n) is 5.98. The molecule has 10 heteroatoms. The van der Waals surface area contributed by atoms with Gasteiger partial charge in [0, 0.05) is 50.3 Å². The van der Waals surface area contributed by atoms with Gasteiger partial charge in [0.25, 0.3) is 5.91 Å². The highest BCUT2D eigenvalue weighted by atomic mass is 127. The summed E-state index contributed by atoms with van der Waals surface area (Å²) in [6, 6.07) is 6.62. The van der Waals surface area contributed by atoms with Crippen molar-refractivity contribution in [2.24, 2.45) is 0 Å². The number of carbonyl (C=O) groups excluding carboxylic acids is 1. The summed E-state index contributed by atoms with van der Waals surface area (Å²) in [6.45, 7) is 9.36. The Kier molecular flexibility index (Phi) is 7.08. The van der Waals surface area contributed by atoms with Crippen molar-refractivity contribution in [1.82, 2.24) is 29.7 Å². The van der Waals surface area contributed by atoms with E-state index in [1.54, 1.807) is 0 Å². The summed E-state index contributed by atoms with van der Waals surface area (Å²) in [7, 11) is 0.